The van der Waals surface area contributed by atoms with E-state index < -0.39 is 6.10 Å². The number of carbonyl (C=O) groups excluding carboxylic acids is 2. The van der Waals surface area contributed by atoms with E-state index >= 15 is 0 Å². The van der Waals surface area contributed by atoms with Crippen molar-refractivity contribution in [1.82, 2.24) is 0 Å². The van der Waals surface area contributed by atoms with E-state index in [0.717, 1.165) is 11.3 Å². The van der Waals surface area contributed by atoms with E-state index in [2.05, 4.69) is 10.6 Å². The first-order valence-corrected chi connectivity index (χ1v) is 9.26. The Kier molecular flexibility index (Phi) is 5.16. The third-order valence-corrected chi connectivity index (χ3v) is 4.61. The number of anilines is 2. The van der Waals surface area contributed by atoms with Gasteiger partial charge in [-0.3, -0.25) is 9.59 Å². The first-order valence-electron chi connectivity index (χ1n) is 9.26. The number of para-hydroxylation sites is 3. The van der Waals surface area contributed by atoms with Crippen molar-refractivity contribution in [2.24, 2.45) is 0 Å². The lowest BCUT2D eigenvalue weighted by Crippen LogP contribution is -2.40. The number of hydrogen-bond acceptors (Lipinski definition) is 4. The second-order valence-corrected chi connectivity index (χ2v) is 6.70. The molecule has 0 aliphatic carbocycles. The Labute approximate surface area is 168 Å². The van der Waals surface area contributed by atoms with Crippen molar-refractivity contribution in [3.8, 4) is 11.5 Å². The molecule has 0 radical (unpaired) electrons. The number of ether oxygens (including phenoxy) is 2. The molecular formula is C23H20N2O4. The maximum atomic E-state index is 12.5. The molecule has 6 nitrogen and oxygen atoms in total. The summed E-state index contributed by atoms with van der Waals surface area (Å²) in [7, 11) is 0. The van der Waals surface area contributed by atoms with E-state index in [1.165, 1.54) is 0 Å². The van der Waals surface area contributed by atoms with Crippen molar-refractivity contribution >= 4 is 23.2 Å². The Balaban J connectivity index is 1.38. The molecule has 6 heteroatoms. The lowest BCUT2D eigenvalue weighted by atomic mass is 10.1. The fourth-order valence-corrected chi connectivity index (χ4v) is 2.98. The third kappa shape index (κ3) is 4.21. The van der Waals surface area contributed by atoms with Gasteiger partial charge < -0.3 is 20.1 Å². The van der Waals surface area contributed by atoms with Crippen LogP contribution in [0.15, 0.2) is 72.8 Å². The van der Waals surface area contributed by atoms with Gasteiger partial charge in [-0.2, -0.15) is 0 Å². The molecule has 1 atom stereocenters. The van der Waals surface area contributed by atoms with Crippen LogP contribution >= 0.6 is 0 Å². The molecule has 146 valence electrons. The van der Waals surface area contributed by atoms with Gasteiger partial charge in [-0.05, 0) is 55.0 Å². The molecule has 3 aromatic carbocycles. The van der Waals surface area contributed by atoms with E-state index in [9.17, 15) is 9.59 Å². The molecule has 1 heterocycles. The van der Waals surface area contributed by atoms with E-state index in [1.54, 1.807) is 36.4 Å². The van der Waals surface area contributed by atoms with Crippen LogP contribution in [0.5, 0.6) is 11.5 Å². The van der Waals surface area contributed by atoms with Crippen LogP contribution in [-0.2, 0) is 4.79 Å². The summed E-state index contributed by atoms with van der Waals surface area (Å²) in [6.07, 6.45) is -0.742. The van der Waals surface area contributed by atoms with Crippen LogP contribution in [0.1, 0.15) is 15.9 Å². The van der Waals surface area contributed by atoms with Gasteiger partial charge in [0, 0.05) is 16.9 Å². The summed E-state index contributed by atoms with van der Waals surface area (Å²) in [5, 5.41) is 5.68. The monoisotopic (exact) mass is 388 g/mol. The zero-order valence-electron chi connectivity index (χ0n) is 15.8. The van der Waals surface area contributed by atoms with Crippen molar-refractivity contribution in [3.05, 3.63) is 83.9 Å². The number of amides is 2. The van der Waals surface area contributed by atoms with Crippen molar-refractivity contribution < 1.29 is 19.1 Å². The number of hydrogen-bond donors (Lipinski definition) is 2. The molecule has 0 saturated heterocycles. The van der Waals surface area contributed by atoms with Gasteiger partial charge in [0.1, 0.15) is 6.61 Å². The molecule has 1 aliphatic rings. The van der Waals surface area contributed by atoms with Gasteiger partial charge in [-0.25, -0.2) is 0 Å². The minimum atomic E-state index is -0.742. The van der Waals surface area contributed by atoms with Gasteiger partial charge in [-0.15, -0.1) is 0 Å². The summed E-state index contributed by atoms with van der Waals surface area (Å²) >= 11 is 0. The standard InChI is InChI=1S/C23H20N2O4/c1-15-6-2-3-7-18(15)25-22(26)16-10-12-17(13-11-16)24-23(27)21-14-28-19-8-4-5-9-20(19)29-21/h2-13,21H,14H2,1H3,(H,24,27)(H,25,26)/t21-/m1/s1. The molecule has 1 aliphatic heterocycles. The highest BCUT2D eigenvalue weighted by atomic mass is 16.6. The lowest BCUT2D eigenvalue weighted by molar-refractivity contribution is -0.125. The molecule has 3 aromatic rings. The van der Waals surface area contributed by atoms with Crippen molar-refractivity contribution in [1.29, 1.82) is 0 Å². The molecule has 4 rings (SSSR count). The molecule has 0 unspecified atom stereocenters. The summed E-state index contributed by atoms with van der Waals surface area (Å²) in [6.45, 7) is 2.07. The number of aryl methyl sites for hydroxylation is 1. The second kappa shape index (κ2) is 8.06. The van der Waals surface area contributed by atoms with Crippen molar-refractivity contribution in [2.75, 3.05) is 17.2 Å². The Morgan fingerprint density at radius 3 is 2.31 bits per heavy atom. The van der Waals surface area contributed by atoms with Gasteiger partial charge in [0.15, 0.2) is 11.5 Å². The van der Waals surface area contributed by atoms with E-state index in [0.29, 0.717) is 22.7 Å². The molecule has 0 saturated carbocycles. The Morgan fingerprint density at radius 1 is 0.862 bits per heavy atom. The highest BCUT2D eigenvalue weighted by molar-refractivity contribution is 6.05. The molecule has 2 amide bonds. The zero-order valence-corrected chi connectivity index (χ0v) is 15.8. The summed E-state index contributed by atoms with van der Waals surface area (Å²) in [6, 6.07) is 21.5. The fourth-order valence-electron chi connectivity index (χ4n) is 2.98. The average Bonchev–Trinajstić information content (AvgIpc) is 2.75. The van der Waals surface area contributed by atoms with Crippen LogP contribution in [0.3, 0.4) is 0 Å². The quantitative estimate of drug-likeness (QED) is 0.708. The summed E-state index contributed by atoms with van der Waals surface area (Å²) in [4.78, 5) is 24.9. The lowest BCUT2D eigenvalue weighted by Gasteiger charge is -2.25. The van der Waals surface area contributed by atoms with Crippen LogP contribution in [0, 0.1) is 6.92 Å². The average molecular weight is 388 g/mol. The number of carbonyl (C=O) groups is 2. The predicted molar refractivity (Wildman–Crippen MR) is 111 cm³/mol. The minimum absolute atomic E-state index is 0.139. The van der Waals surface area contributed by atoms with Gasteiger partial charge in [0.2, 0.25) is 6.10 Å². The van der Waals surface area contributed by atoms with Gasteiger partial charge in [-0.1, -0.05) is 30.3 Å². The SMILES string of the molecule is Cc1ccccc1NC(=O)c1ccc(NC(=O)[C@H]2COc3ccccc3O2)cc1. The highest BCUT2D eigenvalue weighted by Gasteiger charge is 2.27. The smallest absolute Gasteiger partial charge is 0.269 e. The first-order chi connectivity index (χ1) is 14.1. The summed E-state index contributed by atoms with van der Waals surface area (Å²) in [5.41, 5.74) is 2.83. The normalized spacial score (nSPS) is 14.7. The third-order valence-electron chi connectivity index (χ3n) is 4.61. The van der Waals surface area contributed by atoms with Gasteiger partial charge in [0.05, 0.1) is 0 Å². The highest BCUT2D eigenvalue weighted by Crippen LogP contribution is 2.31. The molecule has 0 spiro atoms. The summed E-state index contributed by atoms with van der Waals surface area (Å²) < 4.78 is 11.3. The van der Waals surface area contributed by atoms with Gasteiger partial charge >= 0.3 is 0 Å². The summed E-state index contributed by atoms with van der Waals surface area (Å²) in [5.74, 6) is 0.650. The Morgan fingerprint density at radius 2 is 1.55 bits per heavy atom. The maximum Gasteiger partial charge on any atom is 0.269 e. The van der Waals surface area contributed by atoms with Crippen LogP contribution < -0.4 is 20.1 Å². The predicted octanol–water partition coefficient (Wildman–Crippen LogP) is 4.03. The molecular weight excluding hydrogens is 368 g/mol. The Hall–Kier alpha value is -3.80. The van der Waals surface area contributed by atoms with Crippen molar-refractivity contribution in [2.45, 2.75) is 13.0 Å². The molecule has 29 heavy (non-hydrogen) atoms. The van der Waals surface area contributed by atoms with E-state index in [-0.39, 0.29) is 18.4 Å². The Bertz CT molecular complexity index is 1050. The molecule has 0 aromatic heterocycles. The van der Waals surface area contributed by atoms with E-state index in [1.807, 2.05) is 43.3 Å². The number of fused-ring (bicyclic) bond motifs is 1. The largest absolute Gasteiger partial charge is 0.485 e. The molecule has 0 bridgehead atoms. The fraction of sp³-hybridized carbons (Fsp3) is 0.130. The van der Waals surface area contributed by atoms with Gasteiger partial charge in [0.25, 0.3) is 11.8 Å². The number of benzene rings is 3. The number of rotatable bonds is 4. The zero-order chi connectivity index (χ0) is 20.2. The second-order valence-electron chi connectivity index (χ2n) is 6.70. The van der Waals surface area contributed by atoms with Crippen LogP contribution in [-0.4, -0.2) is 24.5 Å². The van der Waals surface area contributed by atoms with Crippen molar-refractivity contribution in [3.63, 3.8) is 0 Å². The van der Waals surface area contributed by atoms with E-state index in [4.69, 9.17) is 9.47 Å². The maximum absolute atomic E-state index is 12.5. The first kappa shape index (κ1) is 18.6. The van der Waals surface area contributed by atoms with Crippen LogP contribution in [0.25, 0.3) is 0 Å². The molecule has 0 fully saturated rings. The number of nitrogens with one attached hydrogen (secondary N) is 2. The minimum Gasteiger partial charge on any atom is -0.485 e. The topological polar surface area (TPSA) is 76.7 Å². The molecule has 2 N–H and O–H groups in total. The van der Waals surface area contributed by atoms with Crippen LogP contribution in [0.2, 0.25) is 0 Å². The van der Waals surface area contributed by atoms with Crippen LogP contribution in [0.4, 0.5) is 11.4 Å².